The van der Waals surface area contributed by atoms with Gasteiger partial charge in [0.2, 0.25) is 5.91 Å². The van der Waals surface area contributed by atoms with Crippen LogP contribution in [0.1, 0.15) is 36.0 Å². The number of methoxy groups -OCH3 is 1. The van der Waals surface area contributed by atoms with Crippen LogP contribution in [0, 0.1) is 11.7 Å². The van der Waals surface area contributed by atoms with Crippen LogP contribution >= 0.6 is 12.2 Å². The van der Waals surface area contributed by atoms with Gasteiger partial charge in [0, 0.05) is 37.4 Å². The van der Waals surface area contributed by atoms with Crippen LogP contribution in [0.25, 0.3) is 0 Å². The minimum absolute atomic E-state index is 0.00234. The molecule has 0 aliphatic carbocycles. The van der Waals surface area contributed by atoms with Crippen LogP contribution in [0.5, 0.6) is 5.75 Å². The largest absolute Gasteiger partial charge is 0.497 e. The smallest absolute Gasteiger partial charge is 0.252 e. The number of piperidine rings is 1. The van der Waals surface area contributed by atoms with E-state index in [9.17, 15) is 14.0 Å². The molecule has 2 N–H and O–H groups in total. The topological polar surface area (TPSA) is 73.9 Å². The predicted molar refractivity (Wildman–Crippen MR) is 137 cm³/mol. The number of likely N-dealkylation sites (tertiary alicyclic amines) is 2. The zero-order valence-corrected chi connectivity index (χ0v) is 20.7. The summed E-state index contributed by atoms with van der Waals surface area (Å²) in [5.74, 6) is 0.00615. The fourth-order valence-corrected chi connectivity index (χ4v) is 4.98. The second-order valence-electron chi connectivity index (χ2n) is 8.98. The number of anilines is 1. The maximum Gasteiger partial charge on any atom is 0.252 e. The quantitative estimate of drug-likeness (QED) is 0.593. The molecule has 2 aromatic rings. The van der Waals surface area contributed by atoms with Gasteiger partial charge in [-0.15, -0.1) is 0 Å². The molecule has 186 valence electrons. The van der Waals surface area contributed by atoms with E-state index in [1.165, 1.54) is 12.1 Å². The Labute approximate surface area is 210 Å². The highest BCUT2D eigenvalue weighted by Crippen LogP contribution is 2.25. The average molecular weight is 499 g/mol. The van der Waals surface area contributed by atoms with Crippen molar-refractivity contribution in [2.75, 3.05) is 38.6 Å². The average Bonchev–Trinajstić information content (AvgIpc) is 3.43. The molecule has 0 spiro atoms. The highest BCUT2D eigenvalue weighted by atomic mass is 32.1. The van der Waals surface area contributed by atoms with Crippen LogP contribution in [0.2, 0.25) is 0 Å². The van der Waals surface area contributed by atoms with E-state index in [0.717, 1.165) is 31.6 Å². The summed E-state index contributed by atoms with van der Waals surface area (Å²) in [6, 6.07) is 12.4. The lowest BCUT2D eigenvalue weighted by molar-refractivity contribution is -0.134. The number of hydrogen-bond acceptors (Lipinski definition) is 4. The van der Waals surface area contributed by atoms with Crippen molar-refractivity contribution >= 4 is 34.8 Å². The monoisotopic (exact) mass is 498 g/mol. The van der Waals surface area contributed by atoms with Gasteiger partial charge in [-0.3, -0.25) is 9.59 Å². The third-order valence-corrected chi connectivity index (χ3v) is 7.06. The first-order chi connectivity index (χ1) is 16.9. The lowest BCUT2D eigenvalue weighted by Crippen LogP contribution is -2.54. The zero-order chi connectivity index (χ0) is 24.8. The first-order valence-electron chi connectivity index (χ1n) is 12.0. The molecule has 2 aromatic carbocycles. The highest BCUT2D eigenvalue weighted by Gasteiger charge is 2.36. The van der Waals surface area contributed by atoms with Crippen molar-refractivity contribution in [2.24, 2.45) is 5.92 Å². The number of ether oxygens (including phenoxy) is 1. The molecule has 0 aromatic heterocycles. The molecule has 4 rings (SSSR count). The first-order valence-corrected chi connectivity index (χ1v) is 12.4. The van der Waals surface area contributed by atoms with Crippen molar-refractivity contribution in [3.05, 3.63) is 59.9 Å². The fraction of sp³-hybridized carbons (Fsp3) is 0.423. The number of carbonyl (C=O) groups is 2. The number of benzene rings is 2. The van der Waals surface area contributed by atoms with Gasteiger partial charge in [0.05, 0.1) is 7.11 Å². The third-order valence-electron chi connectivity index (χ3n) is 6.70. The van der Waals surface area contributed by atoms with Crippen molar-refractivity contribution in [3.63, 3.8) is 0 Å². The van der Waals surface area contributed by atoms with E-state index in [1.54, 1.807) is 43.5 Å². The van der Waals surface area contributed by atoms with Gasteiger partial charge < -0.3 is 25.2 Å². The maximum atomic E-state index is 13.4. The van der Waals surface area contributed by atoms with Gasteiger partial charge in [-0.25, -0.2) is 4.39 Å². The highest BCUT2D eigenvalue weighted by molar-refractivity contribution is 7.80. The minimum Gasteiger partial charge on any atom is -0.497 e. The lowest BCUT2D eigenvalue weighted by atomic mass is 9.88. The van der Waals surface area contributed by atoms with Crippen LogP contribution in [0.3, 0.4) is 0 Å². The van der Waals surface area contributed by atoms with E-state index in [2.05, 4.69) is 15.5 Å². The molecule has 2 aliphatic heterocycles. The number of carbonyl (C=O) groups excluding carboxylic acids is 2. The Morgan fingerprint density at radius 1 is 1.03 bits per heavy atom. The van der Waals surface area contributed by atoms with Gasteiger partial charge in [-0.2, -0.15) is 0 Å². The number of amides is 2. The second-order valence-corrected chi connectivity index (χ2v) is 9.36. The molecule has 1 atom stereocenters. The summed E-state index contributed by atoms with van der Waals surface area (Å²) in [7, 11) is 1.56. The molecule has 2 saturated heterocycles. The Hall–Kier alpha value is -3.20. The molecule has 0 radical (unpaired) electrons. The molecule has 2 aliphatic rings. The third kappa shape index (κ3) is 6.28. The number of halogens is 1. The standard InChI is InChI=1S/C26H31FN4O3S/c1-34-22-6-4-5-19(17-22)24(32)29-23(25(33)30-13-2-3-14-30)18-11-15-31(16-12-18)26(35)28-21-9-7-20(27)8-10-21/h4-10,17-18,23H,2-3,11-16H2,1H3,(H,28,35)(H,29,32). The van der Waals surface area contributed by atoms with Gasteiger partial charge in [0.15, 0.2) is 5.11 Å². The summed E-state index contributed by atoms with van der Waals surface area (Å²) >= 11 is 5.55. The Balaban J connectivity index is 1.41. The van der Waals surface area contributed by atoms with Crippen molar-refractivity contribution in [2.45, 2.75) is 31.7 Å². The summed E-state index contributed by atoms with van der Waals surface area (Å²) in [6.07, 6.45) is 3.41. The SMILES string of the molecule is COc1cccc(C(=O)NC(C(=O)N2CCCC2)C2CCN(C(=S)Nc3ccc(F)cc3)CC2)c1. The Morgan fingerprint density at radius 2 is 1.71 bits per heavy atom. The molecule has 1 unspecified atom stereocenters. The van der Waals surface area contributed by atoms with Crippen LogP contribution in [-0.2, 0) is 4.79 Å². The maximum absolute atomic E-state index is 13.4. The number of nitrogens with zero attached hydrogens (tertiary/aromatic N) is 2. The van der Waals surface area contributed by atoms with Crippen molar-refractivity contribution < 1.29 is 18.7 Å². The first kappa shape index (κ1) is 24.9. The number of hydrogen-bond donors (Lipinski definition) is 2. The van der Waals surface area contributed by atoms with E-state index in [1.807, 2.05) is 4.90 Å². The molecular formula is C26H31FN4O3S. The van der Waals surface area contributed by atoms with Gasteiger partial charge in [0.25, 0.3) is 5.91 Å². The summed E-state index contributed by atoms with van der Waals surface area (Å²) in [4.78, 5) is 30.4. The normalized spacial score (nSPS) is 17.1. The van der Waals surface area contributed by atoms with Gasteiger partial charge in [0.1, 0.15) is 17.6 Å². The molecule has 0 bridgehead atoms. The summed E-state index contributed by atoms with van der Waals surface area (Å²) < 4.78 is 18.4. The molecule has 2 heterocycles. The number of thiocarbonyl (C=S) groups is 1. The predicted octanol–water partition coefficient (Wildman–Crippen LogP) is 3.66. The summed E-state index contributed by atoms with van der Waals surface area (Å²) in [5.41, 5.74) is 1.19. The summed E-state index contributed by atoms with van der Waals surface area (Å²) in [6.45, 7) is 2.79. The Bertz CT molecular complexity index is 1050. The fourth-order valence-electron chi connectivity index (χ4n) is 4.68. The molecule has 7 nitrogen and oxygen atoms in total. The lowest BCUT2D eigenvalue weighted by Gasteiger charge is -2.38. The van der Waals surface area contributed by atoms with Crippen LogP contribution in [0.4, 0.5) is 10.1 Å². The van der Waals surface area contributed by atoms with Crippen LogP contribution in [-0.4, -0.2) is 66.1 Å². The zero-order valence-electron chi connectivity index (χ0n) is 19.8. The van der Waals surface area contributed by atoms with Gasteiger partial charge in [-0.05, 0) is 86.3 Å². The van der Waals surface area contributed by atoms with Crippen molar-refractivity contribution in [1.29, 1.82) is 0 Å². The van der Waals surface area contributed by atoms with E-state index < -0.39 is 6.04 Å². The Kier molecular flexibility index (Phi) is 8.17. The van der Waals surface area contributed by atoms with Crippen molar-refractivity contribution in [1.82, 2.24) is 15.1 Å². The van der Waals surface area contributed by atoms with Gasteiger partial charge in [-0.1, -0.05) is 6.07 Å². The molecule has 2 fully saturated rings. The number of nitrogens with one attached hydrogen (secondary N) is 2. The molecule has 9 heteroatoms. The number of rotatable bonds is 6. The molecule has 0 saturated carbocycles. The van der Waals surface area contributed by atoms with E-state index in [0.29, 0.717) is 42.4 Å². The Morgan fingerprint density at radius 3 is 2.37 bits per heavy atom. The second kappa shape index (κ2) is 11.5. The van der Waals surface area contributed by atoms with E-state index >= 15 is 0 Å². The molecule has 2 amide bonds. The molecule has 35 heavy (non-hydrogen) atoms. The minimum atomic E-state index is -0.590. The van der Waals surface area contributed by atoms with Crippen LogP contribution in [0.15, 0.2) is 48.5 Å². The van der Waals surface area contributed by atoms with E-state index in [4.69, 9.17) is 17.0 Å². The van der Waals surface area contributed by atoms with Crippen molar-refractivity contribution in [3.8, 4) is 5.75 Å². The van der Waals surface area contributed by atoms with E-state index in [-0.39, 0.29) is 23.5 Å². The summed E-state index contributed by atoms with van der Waals surface area (Å²) in [5, 5.41) is 6.75. The van der Waals surface area contributed by atoms with Crippen LogP contribution < -0.4 is 15.4 Å². The molecular weight excluding hydrogens is 467 g/mol. The van der Waals surface area contributed by atoms with Gasteiger partial charge >= 0.3 is 0 Å².